The van der Waals surface area contributed by atoms with E-state index in [0.717, 1.165) is 54.3 Å². The predicted octanol–water partition coefficient (Wildman–Crippen LogP) is 5.96. The first kappa shape index (κ1) is 18.9. The van der Waals surface area contributed by atoms with Crippen LogP contribution in [0.15, 0.2) is 0 Å². The van der Waals surface area contributed by atoms with E-state index in [4.69, 9.17) is 4.74 Å². The molecule has 0 spiro atoms. The third-order valence-corrected chi connectivity index (χ3v) is 9.81. The molecule has 2 heteroatoms. The molecule has 2 aliphatic heterocycles. The number of rotatable bonds is 3. The van der Waals surface area contributed by atoms with E-state index in [1.165, 1.54) is 77.0 Å². The molecule has 0 aromatic carbocycles. The van der Waals surface area contributed by atoms with E-state index >= 15 is 0 Å². The Kier molecular flexibility index (Phi) is 5.59. The van der Waals surface area contributed by atoms with E-state index in [1.54, 1.807) is 0 Å². The minimum absolute atomic E-state index is 0.00379. The van der Waals surface area contributed by atoms with Gasteiger partial charge >= 0.3 is 0 Å². The highest BCUT2D eigenvalue weighted by Gasteiger charge is 2.52. The SMILES string of the molecule is CC1CCC(C2CC3OC2CC3C2CCC(C3CCC(O)CC3)CC2)CC1. The Hall–Kier alpha value is -0.0800. The van der Waals surface area contributed by atoms with Gasteiger partial charge in [-0.1, -0.05) is 19.8 Å². The summed E-state index contributed by atoms with van der Waals surface area (Å²) < 4.78 is 6.56. The molecule has 0 radical (unpaired) electrons. The van der Waals surface area contributed by atoms with E-state index < -0.39 is 0 Å². The Morgan fingerprint density at radius 2 is 0.963 bits per heavy atom. The fourth-order valence-corrected chi connectivity index (χ4v) is 8.05. The summed E-state index contributed by atoms with van der Waals surface area (Å²) in [5, 5.41) is 9.79. The Balaban J connectivity index is 1.10. The average molecular weight is 375 g/mol. The number of ether oxygens (including phenoxy) is 1. The van der Waals surface area contributed by atoms with Crippen molar-refractivity contribution in [3.8, 4) is 0 Å². The van der Waals surface area contributed by atoms with E-state index in [1.807, 2.05) is 0 Å². The van der Waals surface area contributed by atoms with Crippen molar-refractivity contribution in [1.82, 2.24) is 0 Å². The van der Waals surface area contributed by atoms with Crippen molar-refractivity contribution < 1.29 is 9.84 Å². The third kappa shape index (κ3) is 3.87. The van der Waals surface area contributed by atoms with Gasteiger partial charge in [0.25, 0.3) is 0 Å². The van der Waals surface area contributed by atoms with Gasteiger partial charge in [-0.3, -0.25) is 0 Å². The molecule has 2 saturated heterocycles. The summed E-state index contributed by atoms with van der Waals surface area (Å²) in [6, 6.07) is 0. The van der Waals surface area contributed by atoms with Crippen LogP contribution in [0.4, 0.5) is 0 Å². The maximum absolute atomic E-state index is 9.79. The lowest BCUT2D eigenvalue weighted by Gasteiger charge is -2.41. The summed E-state index contributed by atoms with van der Waals surface area (Å²) in [5.74, 6) is 6.59. The van der Waals surface area contributed by atoms with E-state index in [2.05, 4.69) is 6.92 Å². The molecular weight excluding hydrogens is 332 g/mol. The van der Waals surface area contributed by atoms with Crippen LogP contribution in [0.2, 0.25) is 0 Å². The molecule has 3 aliphatic carbocycles. The molecule has 4 atom stereocenters. The first-order valence-electron chi connectivity index (χ1n) is 12.5. The van der Waals surface area contributed by atoms with Gasteiger partial charge in [0.15, 0.2) is 0 Å². The highest BCUT2D eigenvalue weighted by Crippen LogP contribution is 2.54. The van der Waals surface area contributed by atoms with Crippen LogP contribution >= 0.6 is 0 Å². The van der Waals surface area contributed by atoms with Gasteiger partial charge in [-0.15, -0.1) is 0 Å². The number of fused-ring (bicyclic) bond motifs is 2. The van der Waals surface area contributed by atoms with Gasteiger partial charge in [0.05, 0.1) is 18.3 Å². The summed E-state index contributed by atoms with van der Waals surface area (Å²) in [5.41, 5.74) is 0. The summed E-state index contributed by atoms with van der Waals surface area (Å²) in [6.07, 6.45) is 20.5. The zero-order chi connectivity index (χ0) is 18.4. The molecule has 1 N–H and O–H groups in total. The molecule has 5 fully saturated rings. The van der Waals surface area contributed by atoms with Crippen LogP contribution in [-0.2, 0) is 4.74 Å². The van der Waals surface area contributed by atoms with Crippen LogP contribution in [0.3, 0.4) is 0 Å². The number of aliphatic hydroxyl groups excluding tert-OH is 1. The standard InChI is InChI=1S/C25H42O2/c1-16-2-4-19(5-3-16)22-14-25-23(15-24(22)27-25)20-8-6-17(7-9-20)18-10-12-21(26)13-11-18/h16-26H,2-15H2,1H3. The van der Waals surface area contributed by atoms with Crippen molar-refractivity contribution >= 4 is 0 Å². The summed E-state index contributed by atoms with van der Waals surface area (Å²) in [4.78, 5) is 0. The Morgan fingerprint density at radius 1 is 0.556 bits per heavy atom. The quantitative estimate of drug-likeness (QED) is 0.660. The second-order valence-electron chi connectivity index (χ2n) is 11.3. The molecule has 3 saturated carbocycles. The second-order valence-corrected chi connectivity index (χ2v) is 11.3. The minimum atomic E-state index is 0.00379. The van der Waals surface area contributed by atoms with Crippen LogP contribution in [0.25, 0.3) is 0 Å². The number of hydrogen-bond acceptors (Lipinski definition) is 2. The van der Waals surface area contributed by atoms with E-state index in [9.17, 15) is 5.11 Å². The second kappa shape index (κ2) is 7.98. The molecule has 5 rings (SSSR count). The van der Waals surface area contributed by atoms with Crippen LogP contribution < -0.4 is 0 Å². The van der Waals surface area contributed by atoms with Crippen molar-refractivity contribution in [2.45, 2.75) is 115 Å². The number of aliphatic hydroxyl groups is 1. The zero-order valence-corrected chi connectivity index (χ0v) is 17.5. The van der Waals surface area contributed by atoms with Crippen molar-refractivity contribution in [1.29, 1.82) is 0 Å². The van der Waals surface area contributed by atoms with Crippen molar-refractivity contribution in [3.05, 3.63) is 0 Å². The average Bonchev–Trinajstić information content (AvgIpc) is 3.30. The van der Waals surface area contributed by atoms with Crippen LogP contribution in [-0.4, -0.2) is 23.4 Å². The first-order chi connectivity index (χ1) is 13.2. The van der Waals surface area contributed by atoms with E-state index in [0.29, 0.717) is 12.2 Å². The molecule has 2 nitrogen and oxygen atoms in total. The lowest BCUT2D eigenvalue weighted by Crippen LogP contribution is -2.35. The van der Waals surface area contributed by atoms with Crippen molar-refractivity contribution in [2.24, 2.45) is 41.4 Å². The predicted molar refractivity (Wildman–Crippen MR) is 109 cm³/mol. The van der Waals surface area contributed by atoms with Crippen LogP contribution in [0.5, 0.6) is 0 Å². The van der Waals surface area contributed by atoms with Gasteiger partial charge < -0.3 is 9.84 Å². The van der Waals surface area contributed by atoms with Gasteiger partial charge in [-0.05, 0) is 118 Å². The van der Waals surface area contributed by atoms with Gasteiger partial charge in [-0.25, -0.2) is 0 Å². The molecule has 2 heterocycles. The zero-order valence-electron chi connectivity index (χ0n) is 17.5. The van der Waals surface area contributed by atoms with Gasteiger partial charge in [0.1, 0.15) is 0 Å². The molecule has 27 heavy (non-hydrogen) atoms. The first-order valence-corrected chi connectivity index (χ1v) is 12.5. The molecule has 0 amide bonds. The lowest BCUT2D eigenvalue weighted by molar-refractivity contribution is 0.0524. The normalized spacial score (nSPS) is 53.6. The topological polar surface area (TPSA) is 29.5 Å². The summed E-state index contributed by atoms with van der Waals surface area (Å²) in [6.45, 7) is 2.44. The number of hydrogen-bond donors (Lipinski definition) is 1. The highest BCUT2D eigenvalue weighted by atomic mass is 16.5. The summed E-state index contributed by atoms with van der Waals surface area (Å²) >= 11 is 0. The largest absolute Gasteiger partial charge is 0.393 e. The maximum Gasteiger partial charge on any atom is 0.0614 e. The fourth-order valence-electron chi connectivity index (χ4n) is 8.05. The highest BCUT2D eigenvalue weighted by molar-refractivity contribution is 5.00. The molecule has 0 aromatic heterocycles. The molecule has 5 aliphatic rings. The van der Waals surface area contributed by atoms with Crippen LogP contribution in [0.1, 0.15) is 96.8 Å². The van der Waals surface area contributed by atoms with Crippen LogP contribution in [0, 0.1) is 41.4 Å². The Morgan fingerprint density at radius 3 is 1.44 bits per heavy atom. The monoisotopic (exact) mass is 374 g/mol. The lowest BCUT2D eigenvalue weighted by atomic mass is 9.63. The molecule has 4 unspecified atom stereocenters. The molecular formula is C25H42O2. The van der Waals surface area contributed by atoms with Gasteiger partial charge in [0.2, 0.25) is 0 Å². The summed E-state index contributed by atoms with van der Waals surface area (Å²) in [7, 11) is 0. The molecule has 0 aromatic rings. The Bertz CT molecular complexity index is 481. The maximum atomic E-state index is 9.79. The van der Waals surface area contributed by atoms with Gasteiger partial charge in [0, 0.05) is 0 Å². The minimum Gasteiger partial charge on any atom is -0.393 e. The van der Waals surface area contributed by atoms with Crippen molar-refractivity contribution in [3.63, 3.8) is 0 Å². The third-order valence-electron chi connectivity index (χ3n) is 9.81. The smallest absolute Gasteiger partial charge is 0.0614 e. The van der Waals surface area contributed by atoms with Crippen molar-refractivity contribution in [2.75, 3.05) is 0 Å². The fraction of sp³-hybridized carbons (Fsp3) is 1.00. The molecule has 154 valence electrons. The molecule has 2 bridgehead atoms. The van der Waals surface area contributed by atoms with E-state index in [-0.39, 0.29) is 6.10 Å². The Labute approximate surface area is 166 Å². The van der Waals surface area contributed by atoms with Gasteiger partial charge in [-0.2, -0.15) is 0 Å².